The van der Waals surface area contributed by atoms with Crippen molar-refractivity contribution in [1.29, 1.82) is 0 Å². The second kappa shape index (κ2) is 6.09. The topological polar surface area (TPSA) is 104 Å². The van der Waals surface area contributed by atoms with Crippen molar-refractivity contribution in [3.63, 3.8) is 0 Å². The second-order valence-corrected chi connectivity index (χ2v) is 5.67. The second-order valence-electron chi connectivity index (χ2n) is 4.89. The van der Waals surface area contributed by atoms with Gasteiger partial charge in [0.05, 0.1) is 16.6 Å². The summed E-state index contributed by atoms with van der Waals surface area (Å²) in [4.78, 5) is 40.3. The number of fused-ring (bicyclic) bond motifs is 1. The maximum atomic E-state index is 12.1. The molecule has 23 heavy (non-hydrogen) atoms. The molecule has 0 aliphatic carbocycles. The van der Waals surface area contributed by atoms with Crippen molar-refractivity contribution in [3.8, 4) is 0 Å². The summed E-state index contributed by atoms with van der Waals surface area (Å²) in [5.74, 6) is -0.995. The van der Waals surface area contributed by atoms with Gasteiger partial charge in [-0.15, -0.1) is 0 Å². The molecule has 3 rings (SSSR count). The van der Waals surface area contributed by atoms with Crippen molar-refractivity contribution in [1.82, 2.24) is 9.97 Å². The number of rotatable bonds is 4. The SMILES string of the molecule is C[C@H](OC(=O)c1ccsc1)C(=O)Nc1ccc2[nH]c(=O)[nH]c2c1. The van der Waals surface area contributed by atoms with Gasteiger partial charge < -0.3 is 20.0 Å². The van der Waals surface area contributed by atoms with Gasteiger partial charge >= 0.3 is 11.7 Å². The normalized spacial score (nSPS) is 12.0. The molecule has 2 heterocycles. The Labute approximate surface area is 134 Å². The monoisotopic (exact) mass is 331 g/mol. The van der Waals surface area contributed by atoms with Crippen molar-refractivity contribution in [3.05, 3.63) is 51.1 Å². The molecule has 0 aliphatic heterocycles. The lowest BCUT2D eigenvalue weighted by molar-refractivity contribution is -0.123. The molecule has 0 radical (unpaired) electrons. The smallest absolute Gasteiger partial charge is 0.339 e. The Morgan fingerprint density at radius 3 is 2.74 bits per heavy atom. The number of carbonyl (C=O) groups excluding carboxylic acids is 2. The van der Waals surface area contributed by atoms with Crippen molar-refractivity contribution in [2.75, 3.05) is 5.32 Å². The fourth-order valence-corrected chi connectivity index (χ4v) is 2.64. The van der Waals surface area contributed by atoms with E-state index in [1.165, 1.54) is 18.3 Å². The van der Waals surface area contributed by atoms with Gasteiger partial charge in [-0.2, -0.15) is 11.3 Å². The number of aromatic nitrogens is 2. The van der Waals surface area contributed by atoms with Crippen LogP contribution >= 0.6 is 11.3 Å². The molecule has 0 aliphatic rings. The average Bonchev–Trinajstić information content (AvgIpc) is 3.14. The predicted octanol–water partition coefficient (Wildman–Crippen LogP) is 2.10. The van der Waals surface area contributed by atoms with Crippen molar-refractivity contribution < 1.29 is 14.3 Å². The predicted molar refractivity (Wildman–Crippen MR) is 86.7 cm³/mol. The van der Waals surface area contributed by atoms with Crippen LogP contribution in [-0.2, 0) is 9.53 Å². The number of anilines is 1. The van der Waals surface area contributed by atoms with Gasteiger partial charge in [-0.3, -0.25) is 4.79 Å². The van der Waals surface area contributed by atoms with Gasteiger partial charge in [0.2, 0.25) is 0 Å². The number of amides is 1. The Kier molecular flexibility index (Phi) is 3.98. The third-order valence-corrected chi connectivity index (χ3v) is 3.88. The lowest BCUT2D eigenvalue weighted by Gasteiger charge is -2.13. The van der Waals surface area contributed by atoms with E-state index in [9.17, 15) is 14.4 Å². The maximum absolute atomic E-state index is 12.1. The van der Waals surface area contributed by atoms with E-state index >= 15 is 0 Å². The highest BCUT2D eigenvalue weighted by atomic mass is 32.1. The quantitative estimate of drug-likeness (QED) is 0.637. The summed E-state index contributed by atoms with van der Waals surface area (Å²) < 4.78 is 5.11. The number of hydrogen-bond donors (Lipinski definition) is 3. The van der Waals surface area contributed by atoms with Crippen LogP contribution in [0.1, 0.15) is 17.3 Å². The molecule has 1 atom stereocenters. The number of aromatic amines is 2. The third kappa shape index (κ3) is 3.32. The van der Waals surface area contributed by atoms with Gasteiger partial charge in [0, 0.05) is 11.1 Å². The lowest BCUT2D eigenvalue weighted by atomic mass is 10.2. The zero-order chi connectivity index (χ0) is 16.4. The number of esters is 1. The minimum Gasteiger partial charge on any atom is -0.449 e. The minimum atomic E-state index is -0.941. The molecule has 0 saturated heterocycles. The van der Waals surface area contributed by atoms with Crippen molar-refractivity contribution in [2.45, 2.75) is 13.0 Å². The molecule has 1 amide bonds. The number of ether oxygens (including phenoxy) is 1. The van der Waals surface area contributed by atoms with Gasteiger partial charge in [0.25, 0.3) is 5.91 Å². The summed E-state index contributed by atoms with van der Waals surface area (Å²) in [5.41, 5.74) is 1.82. The molecule has 7 nitrogen and oxygen atoms in total. The summed E-state index contributed by atoms with van der Waals surface area (Å²) in [7, 11) is 0. The maximum Gasteiger partial charge on any atom is 0.339 e. The highest BCUT2D eigenvalue weighted by Gasteiger charge is 2.19. The first kappa shape index (κ1) is 15.0. The van der Waals surface area contributed by atoms with Crippen LogP contribution in [0.25, 0.3) is 11.0 Å². The standard InChI is InChI=1S/C15H13N3O4S/c1-8(22-14(20)9-4-5-23-7-9)13(19)16-10-2-3-11-12(6-10)18-15(21)17-11/h2-8H,1H3,(H,16,19)(H2,17,18,21)/t8-/m0/s1. The summed E-state index contributed by atoms with van der Waals surface area (Å²) in [6.45, 7) is 1.50. The molecule has 0 bridgehead atoms. The number of benzene rings is 1. The number of imidazole rings is 1. The molecule has 1 aromatic carbocycles. The fraction of sp³-hybridized carbons (Fsp3) is 0.133. The summed E-state index contributed by atoms with van der Waals surface area (Å²) >= 11 is 1.38. The Bertz CT molecular complexity index is 910. The van der Waals surface area contributed by atoms with Crippen LogP contribution < -0.4 is 11.0 Å². The molecular weight excluding hydrogens is 318 g/mol. The fourth-order valence-electron chi connectivity index (χ4n) is 2.02. The Morgan fingerprint density at radius 1 is 1.22 bits per heavy atom. The van der Waals surface area contributed by atoms with Gasteiger partial charge in [0.15, 0.2) is 6.10 Å². The first-order chi connectivity index (χ1) is 11.0. The summed E-state index contributed by atoms with van der Waals surface area (Å²) in [6.07, 6.45) is -0.941. The number of hydrogen-bond acceptors (Lipinski definition) is 5. The Balaban J connectivity index is 1.67. The Hall–Kier alpha value is -2.87. The molecule has 0 unspecified atom stereocenters. The average molecular weight is 331 g/mol. The van der Waals surface area contributed by atoms with E-state index in [2.05, 4.69) is 15.3 Å². The van der Waals surface area contributed by atoms with E-state index in [0.29, 0.717) is 22.3 Å². The molecule has 0 spiro atoms. The summed E-state index contributed by atoms with van der Waals surface area (Å²) in [5, 5.41) is 6.06. The molecule has 8 heteroatoms. The molecule has 118 valence electrons. The minimum absolute atomic E-state index is 0.318. The van der Waals surface area contributed by atoms with E-state index in [4.69, 9.17) is 4.74 Å². The zero-order valence-electron chi connectivity index (χ0n) is 12.1. The first-order valence-electron chi connectivity index (χ1n) is 6.79. The van der Waals surface area contributed by atoms with E-state index in [0.717, 1.165) is 0 Å². The lowest BCUT2D eigenvalue weighted by Crippen LogP contribution is -2.29. The van der Waals surface area contributed by atoms with Crippen molar-refractivity contribution >= 4 is 39.9 Å². The zero-order valence-corrected chi connectivity index (χ0v) is 12.9. The highest BCUT2D eigenvalue weighted by Crippen LogP contribution is 2.15. The number of carbonyl (C=O) groups is 2. The molecule has 3 N–H and O–H groups in total. The number of H-pyrrole nitrogens is 2. The van der Waals surface area contributed by atoms with E-state index in [1.807, 2.05) is 0 Å². The van der Waals surface area contributed by atoms with E-state index in [-0.39, 0.29) is 5.69 Å². The first-order valence-corrected chi connectivity index (χ1v) is 7.73. The van der Waals surface area contributed by atoms with Crippen LogP contribution in [0, 0.1) is 0 Å². The molecule has 0 saturated carbocycles. The molecule has 0 fully saturated rings. The van der Waals surface area contributed by atoms with Crippen LogP contribution in [0.4, 0.5) is 5.69 Å². The van der Waals surface area contributed by atoms with Crippen LogP contribution in [0.2, 0.25) is 0 Å². The van der Waals surface area contributed by atoms with Crippen molar-refractivity contribution in [2.24, 2.45) is 0 Å². The number of nitrogens with one attached hydrogen (secondary N) is 3. The highest BCUT2D eigenvalue weighted by molar-refractivity contribution is 7.08. The molecular formula is C15H13N3O4S. The molecule has 2 aromatic heterocycles. The Morgan fingerprint density at radius 2 is 2.00 bits per heavy atom. The van der Waals surface area contributed by atoms with E-state index in [1.54, 1.807) is 35.0 Å². The van der Waals surface area contributed by atoms with Gasteiger partial charge in [-0.05, 0) is 36.6 Å². The van der Waals surface area contributed by atoms with Crippen LogP contribution in [0.15, 0.2) is 39.8 Å². The summed E-state index contributed by atoms with van der Waals surface area (Å²) in [6, 6.07) is 6.58. The van der Waals surface area contributed by atoms with Gasteiger partial charge in [0.1, 0.15) is 0 Å². The molecule has 3 aromatic rings. The third-order valence-electron chi connectivity index (χ3n) is 3.19. The largest absolute Gasteiger partial charge is 0.449 e. The van der Waals surface area contributed by atoms with Crippen LogP contribution in [0.5, 0.6) is 0 Å². The van der Waals surface area contributed by atoms with E-state index < -0.39 is 18.0 Å². The van der Waals surface area contributed by atoms with Gasteiger partial charge in [-0.25, -0.2) is 9.59 Å². The van der Waals surface area contributed by atoms with Gasteiger partial charge in [-0.1, -0.05) is 0 Å². The van der Waals surface area contributed by atoms with Crippen LogP contribution in [0.3, 0.4) is 0 Å². The number of thiophene rings is 1. The van der Waals surface area contributed by atoms with Crippen LogP contribution in [-0.4, -0.2) is 27.9 Å².